The van der Waals surface area contributed by atoms with Gasteiger partial charge in [0.25, 0.3) is 0 Å². The van der Waals surface area contributed by atoms with Gasteiger partial charge in [0.2, 0.25) is 5.91 Å². The first-order valence-corrected chi connectivity index (χ1v) is 6.43. The van der Waals surface area contributed by atoms with Gasteiger partial charge < -0.3 is 10.3 Å². The van der Waals surface area contributed by atoms with E-state index in [1.54, 1.807) is 0 Å². The number of primary amides is 1. The maximum atomic E-state index is 11.1. The van der Waals surface area contributed by atoms with Gasteiger partial charge >= 0.3 is 0 Å². The molecule has 2 rings (SSSR count). The predicted molar refractivity (Wildman–Crippen MR) is 71.1 cm³/mol. The van der Waals surface area contributed by atoms with Crippen molar-refractivity contribution < 1.29 is 4.79 Å². The van der Waals surface area contributed by atoms with Crippen LogP contribution in [0.2, 0.25) is 0 Å². The van der Waals surface area contributed by atoms with Gasteiger partial charge in [-0.15, -0.1) is 11.6 Å². The molecule has 0 aliphatic heterocycles. The minimum absolute atomic E-state index is 0.129. The predicted octanol–water partition coefficient (Wildman–Crippen LogP) is 2.07. The summed E-state index contributed by atoms with van der Waals surface area (Å²) in [6.45, 7) is 0.129. The summed E-state index contributed by atoms with van der Waals surface area (Å²) in [4.78, 5) is 15.5. The number of alkyl halides is 1. The molecule has 2 N–H and O–H groups in total. The minimum Gasteiger partial charge on any atom is -0.368 e. The van der Waals surface area contributed by atoms with Gasteiger partial charge in [-0.05, 0) is 18.2 Å². The van der Waals surface area contributed by atoms with E-state index in [-0.39, 0.29) is 12.5 Å². The van der Waals surface area contributed by atoms with Crippen LogP contribution < -0.4 is 5.73 Å². The normalized spacial score (nSPS) is 10.9. The quantitative estimate of drug-likeness (QED) is 0.878. The molecular formula is C11H11BrClN3O. The van der Waals surface area contributed by atoms with E-state index in [2.05, 4.69) is 20.9 Å². The number of hydrogen-bond donors (Lipinski definition) is 1. The van der Waals surface area contributed by atoms with Gasteiger partial charge in [0.1, 0.15) is 12.4 Å². The maximum absolute atomic E-state index is 11.1. The van der Waals surface area contributed by atoms with E-state index < -0.39 is 0 Å². The third-order valence-corrected chi connectivity index (χ3v) is 3.10. The number of imidazole rings is 1. The SMILES string of the molecule is NC(=O)Cn1c(CCCl)nc2cc(Br)ccc21. The second-order valence-corrected chi connectivity index (χ2v) is 4.95. The molecular weight excluding hydrogens is 305 g/mol. The summed E-state index contributed by atoms with van der Waals surface area (Å²) < 4.78 is 2.76. The molecule has 0 bridgehead atoms. The van der Waals surface area contributed by atoms with Crippen LogP contribution in [-0.4, -0.2) is 21.3 Å². The Bertz CT molecular complexity index is 567. The van der Waals surface area contributed by atoms with Crippen LogP contribution in [0.15, 0.2) is 22.7 Å². The van der Waals surface area contributed by atoms with E-state index in [4.69, 9.17) is 17.3 Å². The van der Waals surface area contributed by atoms with Crippen molar-refractivity contribution in [3.63, 3.8) is 0 Å². The Kier molecular flexibility index (Phi) is 3.69. The second kappa shape index (κ2) is 5.06. The highest BCUT2D eigenvalue weighted by Crippen LogP contribution is 2.21. The fourth-order valence-corrected chi connectivity index (χ4v) is 2.28. The van der Waals surface area contributed by atoms with Crippen molar-refractivity contribution in [1.82, 2.24) is 9.55 Å². The van der Waals surface area contributed by atoms with Crippen molar-refractivity contribution in [1.29, 1.82) is 0 Å². The number of halogens is 2. The summed E-state index contributed by atoms with van der Waals surface area (Å²) in [5.74, 6) is 0.860. The summed E-state index contributed by atoms with van der Waals surface area (Å²) in [6, 6.07) is 5.73. The molecule has 0 aliphatic carbocycles. The zero-order valence-electron chi connectivity index (χ0n) is 8.99. The number of fused-ring (bicyclic) bond motifs is 1. The monoisotopic (exact) mass is 315 g/mol. The van der Waals surface area contributed by atoms with E-state index in [0.717, 1.165) is 21.3 Å². The van der Waals surface area contributed by atoms with Crippen molar-refractivity contribution >= 4 is 44.5 Å². The molecule has 0 atom stereocenters. The largest absolute Gasteiger partial charge is 0.368 e. The fourth-order valence-electron chi connectivity index (χ4n) is 1.76. The maximum Gasteiger partial charge on any atom is 0.237 e. The second-order valence-electron chi connectivity index (χ2n) is 3.65. The van der Waals surface area contributed by atoms with E-state index in [1.165, 1.54) is 0 Å². The summed E-state index contributed by atoms with van der Waals surface area (Å²) in [6.07, 6.45) is 0.612. The number of nitrogens with zero attached hydrogens (tertiary/aromatic N) is 2. The first-order chi connectivity index (χ1) is 8.11. The van der Waals surface area contributed by atoms with Crippen LogP contribution in [0.5, 0.6) is 0 Å². The van der Waals surface area contributed by atoms with Crippen LogP contribution in [0.4, 0.5) is 0 Å². The molecule has 0 spiro atoms. The highest BCUT2D eigenvalue weighted by atomic mass is 79.9. The fraction of sp³-hybridized carbons (Fsp3) is 0.273. The van der Waals surface area contributed by atoms with Crippen molar-refractivity contribution in [2.75, 3.05) is 5.88 Å². The molecule has 0 aliphatic rings. The molecule has 1 amide bonds. The molecule has 90 valence electrons. The molecule has 2 aromatic rings. The molecule has 17 heavy (non-hydrogen) atoms. The van der Waals surface area contributed by atoms with Crippen molar-refractivity contribution in [2.45, 2.75) is 13.0 Å². The molecule has 6 heteroatoms. The Balaban J connectivity index is 2.57. The summed E-state index contributed by atoms with van der Waals surface area (Å²) in [5.41, 5.74) is 6.97. The van der Waals surface area contributed by atoms with Crippen LogP contribution in [0.3, 0.4) is 0 Å². The zero-order valence-corrected chi connectivity index (χ0v) is 11.3. The molecule has 0 unspecified atom stereocenters. The number of nitrogens with two attached hydrogens (primary N) is 1. The number of aryl methyl sites for hydroxylation is 1. The third kappa shape index (κ3) is 2.61. The lowest BCUT2D eigenvalue weighted by Gasteiger charge is -2.05. The topological polar surface area (TPSA) is 60.9 Å². The average Bonchev–Trinajstić information content (AvgIpc) is 2.56. The number of aromatic nitrogens is 2. The Morgan fingerprint density at radius 3 is 2.94 bits per heavy atom. The van der Waals surface area contributed by atoms with Crippen LogP contribution in [0, 0.1) is 0 Å². The van der Waals surface area contributed by atoms with Crippen molar-refractivity contribution in [3.8, 4) is 0 Å². The molecule has 1 heterocycles. The van der Waals surface area contributed by atoms with Gasteiger partial charge in [-0.2, -0.15) is 0 Å². The number of amides is 1. The van der Waals surface area contributed by atoms with Gasteiger partial charge in [0.15, 0.2) is 0 Å². The van der Waals surface area contributed by atoms with Gasteiger partial charge in [0.05, 0.1) is 11.0 Å². The first kappa shape index (κ1) is 12.4. The standard InChI is InChI=1S/C11H11BrClN3O/c12-7-1-2-9-8(5-7)15-11(3-4-13)16(9)6-10(14)17/h1-2,5H,3-4,6H2,(H2,14,17). The van der Waals surface area contributed by atoms with E-state index in [1.807, 2.05) is 22.8 Å². The average molecular weight is 317 g/mol. The minimum atomic E-state index is -0.386. The van der Waals surface area contributed by atoms with Crippen LogP contribution in [-0.2, 0) is 17.8 Å². The van der Waals surface area contributed by atoms with Crippen molar-refractivity contribution in [3.05, 3.63) is 28.5 Å². The molecule has 0 saturated carbocycles. The molecule has 0 fully saturated rings. The molecule has 0 saturated heterocycles. The molecule has 1 aromatic heterocycles. The van der Waals surface area contributed by atoms with Crippen molar-refractivity contribution in [2.24, 2.45) is 5.73 Å². The Morgan fingerprint density at radius 2 is 2.29 bits per heavy atom. The van der Waals surface area contributed by atoms with Gasteiger partial charge in [-0.1, -0.05) is 15.9 Å². The highest BCUT2D eigenvalue weighted by molar-refractivity contribution is 9.10. The van der Waals surface area contributed by atoms with Gasteiger partial charge in [0, 0.05) is 16.8 Å². The number of hydrogen-bond acceptors (Lipinski definition) is 2. The lowest BCUT2D eigenvalue weighted by atomic mass is 10.3. The highest BCUT2D eigenvalue weighted by Gasteiger charge is 2.12. The Hall–Kier alpha value is -1.07. The van der Waals surface area contributed by atoms with E-state index in [9.17, 15) is 4.79 Å². The molecule has 4 nitrogen and oxygen atoms in total. The smallest absolute Gasteiger partial charge is 0.237 e. The van der Waals surface area contributed by atoms with Crippen LogP contribution >= 0.6 is 27.5 Å². The molecule has 0 radical (unpaired) electrons. The Morgan fingerprint density at radius 1 is 1.53 bits per heavy atom. The number of benzene rings is 1. The zero-order chi connectivity index (χ0) is 12.4. The van der Waals surface area contributed by atoms with E-state index in [0.29, 0.717) is 12.3 Å². The lowest BCUT2D eigenvalue weighted by molar-refractivity contribution is -0.118. The first-order valence-electron chi connectivity index (χ1n) is 5.10. The van der Waals surface area contributed by atoms with E-state index >= 15 is 0 Å². The number of carbonyl (C=O) groups is 1. The number of rotatable bonds is 4. The summed E-state index contributed by atoms with van der Waals surface area (Å²) in [7, 11) is 0. The van der Waals surface area contributed by atoms with Gasteiger partial charge in [-0.25, -0.2) is 4.98 Å². The van der Waals surface area contributed by atoms with Crippen LogP contribution in [0.1, 0.15) is 5.82 Å². The van der Waals surface area contributed by atoms with Crippen LogP contribution in [0.25, 0.3) is 11.0 Å². The van der Waals surface area contributed by atoms with Gasteiger partial charge in [-0.3, -0.25) is 4.79 Å². The molecule has 1 aromatic carbocycles. The lowest BCUT2D eigenvalue weighted by Crippen LogP contribution is -2.20. The summed E-state index contributed by atoms with van der Waals surface area (Å²) in [5, 5.41) is 0. The third-order valence-electron chi connectivity index (χ3n) is 2.42. The Labute approximate surface area is 112 Å². The summed E-state index contributed by atoms with van der Waals surface area (Å²) >= 11 is 9.11. The number of carbonyl (C=O) groups excluding carboxylic acids is 1.